The van der Waals surface area contributed by atoms with E-state index in [-0.39, 0.29) is 23.8 Å². The second-order valence-electron chi connectivity index (χ2n) is 6.78. The molecule has 24 heavy (non-hydrogen) atoms. The molecule has 1 aliphatic heterocycles. The van der Waals surface area contributed by atoms with Crippen LogP contribution in [0.1, 0.15) is 42.9 Å². The van der Waals surface area contributed by atoms with E-state index in [4.69, 9.17) is 4.74 Å². The SMILES string of the molecule is COC(=O)C1CCN(CC(=O)N[C@@H]2CCCc3ccccc32)CC1. The highest BCUT2D eigenvalue weighted by Crippen LogP contribution is 2.29. The minimum atomic E-state index is -0.127. The van der Waals surface area contributed by atoms with Gasteiger partial charge in [-0.25, -0.2) is 0 Å². The average Bonchev–Trinajstić information content (AvgIpc) is 2.62. The maximum atomic E-state index is 12.4. The fourth-order valence-corrected chi connectivity index (χ4v) is 3.84. The third-order valence-corrected chi connectivity index (χ3v) is 5.19. The van der Waals surface area contributed by atoms with Gasteiger partial charge in [0, 0.05) is 0 Å². The van der Waals surface area contributed by atoms with Crippen molar-refractivity contribution < 1.29 is 14.3 Å². The van der Waals surface area contributed by atoms with Crippen LogP contribution in [0.2, 0.25) is 0 Å². The van der Waals surface area contributed by atoms with Crippen molar-refractivity contribution in [3.63, 3.8) is 0 Å². The lowest BCUT2D eigenvalue weighted by Gasteiger charge is -2.31. The number of benzene rings is 1. The van der Waals surface area contributed by atoms with Crippen molar-refractivity contribution in [2.24, 2.45) is 5.92 Å². The number of fused-ring (bicyclic) bond motifs is 1. The number of rotatable bonds is 4. The highest BCUT2D eigenvalue weighted by molar-refractivity contribution is 5.78. The van der Waals surface area contributed by atoms with Crippen LogP contribution in [0.4, 0.5) is 0 Å². The molecule has 0 aromatic heterocycles. The molecule has 130 valence electrons. The van der Waals surface area contributed by atoms with Crippen LogP contribution in [0.15, 0.2) is 24.3 Å². The molecule has 0 unspecified atom stereocenters. The van der Waals surface area contributed by atoms with E-state index < -0.39 is 0 Å². The summed E-state index contributed by atoms with van der Waals surface area (Å²) in [7, 11) is 1.43. The Morgan fingerprint density at radius 3 is 2.71 bits per heavy atom. The molecule has 5 nitrogen and oxygen atoms in total. The highest BCUT2D eigenvalue weighted by Gasteiger charge is 2.27. The molecule has 0 bridgehead atoms. The van der Waals surface area contributed by atoms with Gasteiger partial charge in [-0.05, 0) is 56.3 Å². The molecular formula is C19H26N2O3. The monoisotopic (exact) mass is 330 g/mol. The molecule has 0 saturated carbocycles. The van der Waals surface area contributed by atoms with Gasteiger partial charge in [-0.1, -0.05) is 24.3 Å². The van der Waals surface area contributed by atoms with Crippen molar-refractivity contribution >= 4 is 11.9 Å². The maximum absolute atomic E-state index is 12.4. The number of carbonyl (C=O) groups is 2. The van der Waals surface area contributed by atoms with Gasteiger partial charge in [0.2, 0.25) is 5.91 Å². The molecular weight excluding hydrogens is 304 g/mol. The van der Waals surface area contributed by atoms with Gasteiger partial charge in [-0.15, -0.1) is 0 Å². The van der Waals surface area contributed by atoms with Crippen molar-refractivity contribution in [3.8, 4) is 0 Å². The van der Waals surface area contributed by atoms with E-state index in [0.29, 0.717) is 6.54 Å². The van der Waals surface area contributed by atoms with Crippen molar-refractivity contribution in [2.75, 3.05) is 26.7 Å². The van der Waals surface area contributed by atoms with E-state index in [1.807, 2.05) is 6.07 Å². The van der Waals surface area contributed by atoms with Crippen LogP contribution in [-0.4, -0.2) is 43.5 Å². The molecule has 1 fully saturated rings. The van der Waals surface area contributed by atoms with Crippen LogP contribution in [0.5, 0.6) is 0 Å². The molecule has 1 aromatic rings. The number of hydrogen-bond donors (Lipinski definition) is 1. The normalized spacial score (nSPS) is 21.8. The molecule has 1 amide bonds. The summed E-state index contributed by atoms with van der Waals surface area (Å²) in [5, 5.41) is 3.20. The Bertz CT molecular complexity index is 594. The lowest BCUT2D eigenvalue weighted by Crippen LogP contribution is -2.44. The standard InChI is InChI=1S/C19H26N2O3/c1-24-19(23)15-9-11-21(12-10-15)13-18(22)20-17-8-4-6-14-5-2-3-7-16(14)17/h2-3,5,7,15,17H,4,6,8-13H2,1H3,(H,20,22)/t17-/m1/s1. The Balaban J connectivity index is 1.50. The molecule has 1 N–H and O–H groups in total. The summed E-state index contributed by atoms with van der Waals surface area (Å²) in [5.41, 5.74) is 2.62. The van der Waals surface area contributed by atoms with Crippen LogP contribution < -0.4 is 5.32 Å². The van der Waals surface area contributed by atoms with E-state index in [1.54, 1.807) is 0 Å². The Morgan fingerprint density at radius 1 is 1.21 bits per heavy atom. The molecule has 5 heteroatoms. The number of likely N-dealkylation sites (tertiary alicyclic amines) is 1. The fourth-order valence-electron chi connectivity index (χ4n) is 3.84. The summed E-state index contributed by atoms with van der Waals surface area (Å²) in [6, 6.07) is 8.53. The number of nitrogens with one attached hydrogen (secondary N) is 1. The van der Waals surface area contributed by atoms with E-state index in [2.05, 4.69) is 28.4 Å². The first-order valence-corrected chi connectivity index (χ1v) is 8.84. The Morgan fingerprint density at radius 2 is 1.96 bits per heavy atom. The summed E-state index contributed by atoms with van der Waals surface area (Å²) in [6.45, 7) is 1.95. The van der Waals surface area contributed by atoms with Gasteiger partial charge in [-0.3, -0.25) is 14.5 Å². The molecule has 3 rings (SSSR count). The van der Waals surface area contributed by atoms with Crippen molar-refractivity contribution in [2.45, 2.75) is 38.1 Å². The van der Waals surface area contributed by atoms with Crippen LogP contribution in [0.25, 0.3) is 0 Å². The van der Waals surface area contributed by atoms with Crippen molar-refractivity contribution in [1.82, 2.24) is 10.2 Å². The number of piperidine rings is 1. The van der Waals surface area contributed by atoms with Crippen LogP contribution in [-0.2, 0) is 20.7 Å². The third-order valence-electron chi connectivity index (χ3n) is 5.19. The van der Waals surface area contributed by atoms with Gasteiger partial charge in [0.05, 0.1) is 25.6 Å². The second-order valence-corrected chi connectivity index (χ2v) is 6.78. The summed E-state index contributed by atoms with van der Waals surface area (Å²) < 4.78 is 4.80. The molecule has 2 aliphatic rings. The minimum Gasteiger partial charge on any atom is -0.469 e. The van der Waals surface area contributed by atoms with E-state index in [9.17, 15) is 9.59 Å². The number of ether oxygens (including phenoxy) is 1. The zero-order valence-electron chi connectivity index (χ0n) is 14.3. The third kappa shape index (κ3) is 3.96. The van der Waals surface area contributed by atoms with E-state index >= 15 is 0 Å². The Hall–Kier alpha value is -1.88. The molecule has 0 spiro atoms. The number of carbonyl (C=O) groups excluding carboxylic acids is 2. The summed E-state index contributed by atoms with van der Waals surface area (Å²) in [6.07, 6.45) is 4.77. The van der Waals surface area contributed by atoms with Gasteiger partial charge in [0.1, 0.15) is 0 Å². The molecule has 1 aliphatic carbocycles. The number of esters is 1. The lowest BCUT2D eigenvalue weighted by atomic mass is 9.88. The summed E-state index contributed by atoms with van der Waals surface area (Å²) in [5.74, 6) is -0.0642. The van der Waals surface area contributed by atoms with E-state index in [1.165, 1.54) is 18.2 Å². The highest BCUT2D eigenvalue weighted by atomic mass is 16.5. The van der Waals surface area contributed by atoms with E-state index in [0.717, 1.165) is 45.2 Å². The Labute approximate surface area is 143 Å². The first-order chi connectivity index (χ1) is 11.7. The van der Waals surface area contributed by atoms with Crippen molar-refractivity contribution in [1.29, 1.82) is 0 Å². The zero-order valence-corrected chi connectivity index (χ0v) is 14.3. The smallest absolute Gasteiger partial charge is 0.308 e. The topological polar surface area (TPSA) is 58.6 Å². The molecule has 1 saturated heterocycles. The maximum Gasteiger partial charge on any atom is 0.308 e. The number of nitrogens with zero attached hydrogens (tertiary/aromatic N) is 1. The quantitative estimate of drug-likeness (QED) is 0.859. The lowest BCUT2D eigenvalue weighted by molar-refractivity contribution is -0.147. The van der Waals surface area contributed by atoms with Crippen molar-refractivity contribution in [3.05, 3.63) is 35.4 Å². The molecule has 1 aromatic carbocycles. The summed E-state index contributed by atoms with van der Waals surface area (Å²) >= 11 is 0. The Kier molecular flexibility index (Phi) is 5.51. The van der Waals surface area contributed by atoms with Crippen LogP contribution >= 0.6 is 0 Å². The minimum absolute atomic E-state index is 0.0143. The first kappa shape index (κ1) is 17.0. The number of amides is 1. The van der Waals surface area contributed by atoms with Gasteiger partial charge < -0.3 is 10.1 Å². The predicted molar refractivity (Wildman–Crippen MR) is 91.4 cm³/mol. The van der Waals surface area contributed by atoms with Gasteiger partial charge in [0.15, 0.2) is 0 Å². The number of aryl methyl sites for hydroxylation is 1. The number of hydrogen-bond acceptors (Lipinski definition) is 4. The zero-order chi connectivity index (χ0) is 16.9. The molecule has 1 heterocycles. The number of methoxy groups -OCH3 is 1. The molecule has 1 atom stereocenters. The van der Waals surface area contributed by atoms with Gasteiger partial charge >= 0.3 is 5.97 Å². The van der Waals surface area contributed by atoms with Crippen LogP contribution in [0, 0.1) is 5.92 Å². The van der Waals surface area contributed by atoms with Gasteiger partial charge in [-0.2, -0.15) is 0 Å². The average molecular weight is 330 g/mol. The second kappa shape index (κ2) is 7.79. The predicted octanol–water partition coefficient (Wildman–Crippen LogP) is 2.07. The summed E-state index contributed by atoms with van der Waals surface area (Å²) in [4.78, 5) is 26.1. The largest absolute Gasteiger partial charge is 0.469 e. The molecule has 0 radical (unpaired) electrons. The van der Waals surface area contributed by atoms with Crippen LogP contribution in [0.3, 0.4) is 0 Å². The van der Waals surface area contributed by atoms with Gasteiger partial charge in [0.25, 0.3) is 0 Å². The first-order valence-electron chi connectivity index (χ1n) is 8.84. The fraction of sp³-hybridized carbons (Fsp3) is 0.579.